The lowest BCUT2D eigenvalue weighted by atomic mass is 10.1. The number of anilines is 1. The molecule has 0 saturated heterocycles. The van der Waals surface area contributed by atoms with Crippen LogP contribution in [0.5, 0.6) is 0 Å². The number of fused-ring (bicyclic) bond motifs is 1. The molecule has 1 amide bonds. The highest BCUT2D eigenvalue weighted by Gasteiger charge is 2.36. The molecule has 0 aliphatic carbocycles. The topological polar surface area (TPSA) is 85.6 Å². The first-order valence-corrected chi connectivity index (χ1v) is 10.3. The molecule has 0 radical (unpaired) electrons. The zero-order valence-electron chi connectivity index (χ0n) is 16.3. The lowest BCUT2D eigenvalue weighted by Crippen LogP contribution is -2.17. The van der Waals surface area contributed by atoms with E-state index in [4.69, 9.17) is 4.74 Å². The zero-order chi connectivity index (χ0) is 22.4. The molecule has 3 rings (SSSR count). The monoisotopic (exact) mass is 504 g/mol. The molecule has 0 saturated carbocycles. The Morgan fingerprint density at radius 1 is 1.30 bits per heavy atom. The number of rotatable bonds is 4. The number of nitrogens with one attached hydrogen (secondary N) is 1. The van der Waals surface area contributed by atoms with Gasteiger partial charge in [0.15, 0.2) is 11.3 Å². The summed E-state index contributed by atoms with van der Waals surface area (Å²) in [6, 6.07) is 0.846. The summed E-state index contributed by atoms with van der Waals surface area (Å²) in [5, 5.41) is 6.62. The largest absolute Gasteiger partial charge is 0.462 e. The fourth-order valence-corrected chi connectivity index (χ4v) is 4.35. The van der Waals surface area contributed by atoms with Crippen molar-refractivity contribution in [2.75, 3.05) is 11.9 Å². The lowest BCUT2D eigenvalue weighted by Gasteiger charge is -2.09. The van der Waals surface area contributed by atoms with E-state index < -0.39 is 23.7 Å². The SMILES string of the molecule is CCOC(=O)c1c(NC(=O)c2nn3c(C(F)(F)F)cc(C)nc3c2Br)sc(C)c1C. The first-order chi connectivity index (χ1) is 14.0. The van der Waals surface area contributed by atoms with Gasteiger partial charge in [-0.2, -0.15) is 18.3 Å². The number of alkyl halides is 3. The number of hydrogen-bond donors (Lipinski definition) is 1. The van der Waals surface area contributed by atoms with Gasteiger partial charge in [0.2, 0.25) is 0 Å². The van der Waals surface area contributed by atoms with E-state index in [1.165, 1.54) is 6.92 Å². The number of carbonyl (C=O) groups excluding carboxylic acids is 2. The van der Waals surface area contributed by atoms with Crippen LogP contribution in [0.2, 0.25) is 0 Å². The Morgan fingerprint density at radius 2 is 1.97 bits per heavy atom. The van der Waals surface area contributed by atoms with Crippen molar-refractivity contribution >= 4 is 49.8 Å². The van der Waals surface area contributed by atoms with E-state index >= 15 is 0 Å². The van der Waals surface area contributed by atoms with Crippen molar-refractivity contribution in [2.24, 2.45) is 0 Å². The maximum absolute atomic E-state index is 13.4. The molecule has 160 valence electrons. The highest BCUT2D eigenvalue weighted by molar-refractivity contribution is 9.10. The van der Waals surface area contributed by atoms with Crippen LogP contribution >= 0.6 is 27.3 Å². The summed E-state index contributed by atoms with van der Waals surface area (Å²) in [6.07, 6.45) is -4.69. The van der Waals surface area contributed by atoms with E-state index in [9.17, 15) is 22.8 Å². The third kappa shape index (κ3) is 3.93. The van der Waals surface area contributed by atoms with Crippen molar-refractivity contribution in [1.29, 1.82) is 0 Å². The van der Waals surface area contributed by atoms with Crippen molar-refractivity contribution in [1.82, 2.24) is 14.6 Å². The van der Waals surface area contributed by atoms with Gasteiger partial charge in [-0.25, -0.2) is 14.3 Å². The van der Waals surface area contributed by atoms with E-state index in [1.807, 2.05) is 0 Å². The number of amides is 1. The molecule has 3 aromatic heterocycles. The highest BCUT2D eigenvalue weighted by atomic mass is 79.9. The second-order valence-electron chi connectivity index (χ2n) is 6.34. The molecule has 0 bridgehead atoms. The Bertz CT molecular complexity index is 1170. The molecular formula is C18H16BrF3N4O3S. The molecular weight excluding hydrogens is 489 g/mol. The van der Waals surface area contributed by atoms with Gasteiger partial charge in [0.1, 0.15) is 10.7 Å². The summed E-state index contributed by atoms with van der Waals surface area (Å²) < 4.78 is 45.8. The summed E-state index contributed by atoms with van der Waals surface area (Å²) in [6.45, 7) is 6.73. The van der Waals surface area contributed by atoms with Crippen LogP contribution in [-0.4, -0.2) is 33.1 Å². The molecule has 12 heteroatoms. The Morgan fingerprint density at radius 3 is 2.57 bits per heavy atom. The van der Waals surface area contributed by atoms with Crippen LogP contribution in [-0.2, 0) is 10.9 Å². The first-order valence-electron chi connectivity index (χ1n) is 8.67. The summed E-state index contributed by atoms with van der Waals surface area (Å²) in [5.74, 6) is -1.38. The number of carbonyl (C=O) groups is 2. The minimum atomic E-state index is -4.69. The average molecular weight is 505 g/mol. The van der Waals surface area contributed by atoms with E-state index in [-0.39, 0.29) is 38.7 Å². The van der Waals surface area contributed by atoms with Gasteiger partial charge in [0, 0.05) is 10.6 Å². The van der Waals surface area contributed by atoms with Crippen LogP contribution in [0.25, 0.3) is 5.65 Å². The number of aromatic nitrogens is 3. The second kappa shape index (κ2) is 7.99. The quantitative estimate of drug-likeness (QED) is 0.509. The van der Waals surface area contributed by atoms with E-state index in [0.717, 1.165) is 22.3 Å². The summed E-state index contributed by atoms with van der Waals surface area (Å²) in [5.41, 5.74) is -0.512. The van der Waals surface area contributed by atoms with Crippen molar-refractivity contribution in [2.45, 2.75) is 33.9 Å². The molecule has 3 heterocycles. The Balaban J connectivity index is 2.07. The minimum Gasteiger partial charge on any atom is -0.462 e. The van der Waals surface area contributed by atoms with Gasteiger partial charge < -0.3 is 10.1 Å². The molecule has 0 unspecified atom stereocenters. The smallest absolute Gasteiger partial charge is 0.433 e. The number of nitrogens with zero attached hydrogens (tertiary/aromatic N) is 3. The second-order valence-corrected chi connectivity index (χ2v) is 8.36. The molecule has 0 atom stereocenters. The molecule has 0 aliphatic rings. The van der Waals surface area contributed by atoms with Gasteiger partial charge in [-0.1, -0.05) is 0 Å². The number of esters is 1. The molecule has 1 N–H and O–H groups in total. The fraction of sp³-hybridized carbons (Fsp3) is 0.333. The number of hydrogen-bond acceptors (Lipinski definition) is 6. The Hall–Kier alpha value is -2.47. The van der Waals surface area contributed by atoms with Gasteiger partial charge in [0.05, 0.1) is 16.6 Å². The number of ether oxygens (including phenoxy) is 1. The van der Waals surface area contributed by atoms with Crippen LogP contribution in [0.1, 0.15) is 49.6 Å². The van der Waals surface area contributed by atoms with Crippen LogP contribution in [0.4, 0.5) is 18.2 Å². The molecule has 3 aromatic rings. The van der Waals surface area contributed by atoms with E-state index in [1.54, 1.807) is 20.8 Å². The molecule has 7 nitrogen and oxygen atoms in total. The normalized spacial score (nSPS) is 11.7. The Kier molecular flexibility index (Phi) is 5.92. The molecule has 0 aromatic carbocycles. The maximum Gasteiger partial charge on any atom is 0.433 e. The summed E-state index contributed by atoms with van der Waals surface area (Å²) in [4.78, 5) is 30.0. The first kappa shape index (κ1) is 22.2. The third-order valence-corrected chi connectivity index (χ3v) is 6.11. The van der Waals surface area contributed by atoms with Gasteiger partial charge >= 0.3 is 12.1 Å². The van der Waals surface area contributed by atoms with Crippen LogP contribution in [0, 0.1) is 20.8 Å². The minimum absolute atomic E-state index is 0.0110. The third-order valence-electron chi connectivity index (χ3n) is 4.26. The van der Waals surface area contributed by atoms with Crippen molar-refractivity contribution < 1.29 is 27.5 Å². The van der Waals surface area contributed by atoms with Gasteiger partial charge in [0.25, 0.3) is 5.91 Å². The lowest BCUT2D eigenvalue weighted by molar-refractivity contribution is -0.142. The zero-order valence-corrected chi connectivity index (χ0v) is 18.7. The predicted molar refractivity (Wildman–Crippen MR) is 108 cm³/mol. The van der Waals surface area contributed by atoms with Gasteiger partial charge in [-0.3, -0.25) is 4.79 Å². The van der Waals surface area contributed by atoms with Crippen LogP contribution < -0.4 is 5.32 Å². The maximum atomic E-state index is 13.4. The summed E-state index contributed by atoms with van der Waals surface area (Å²) >= 11 is 4.29. The van der Waals surface area contributed by atoms with Gasteiger partial charge in [-0.05, 0) is 55.3 Å². The van der Waals surface area contributed by atoms with E-state index in [0.29, 0.717) is 10.1 Å². The summed E-state index contributed by atoms with van der Waals surface area (Å²) in [7, 11) is 0. The van der Waals surface area contributed by atoms with Crippen molar-refractivity contribution in [3.05, 3.63) is 43.6 Å². The number of halogens is 4. The Labute approximate surface area is 181 Å². The molecule has 0 spiro atoms. The van der Waals surface area contributed by atoms with Crippen molar-refractivity contribution in [3.8, 4) is 0 Å². The molecule has 30 heavy (non-hydrogen) atoms. The van der Waals surface area contributed by atoms with Gasteiger partial charge in [-0.15, -0.1) is 11.3 Å². The standard InChI is InChI=1S/C18H16BrF3N4O3S/c1-5-29-17(28)11-8(3)9(4)30-16(11)24-15(27)13-12(19)14-23-7(2)6-10(18(20,21)22)26(14)25-13/h6H,5H2,1-4H3,(H,24,27). The highest BCUT2D eigenvalue weighted by Crippen LogP contribution is 2.35. The van der Waals surface area contributed by atoms with E-state index in [2.05, 4.69) is 31.3 Å². The molecule has 0 fully saturated rings. The number of aryl methyl sites for hydroxylation is 2. The van der Waals surface area contributed by atoms with Crippen LogP contribution in [0.3, 0.4) is 0 Å². The van der Waals surface area contributed by atoms with Crippen molar-refractivity contribution in [3.63, 3.8) is 0 Å². The molecule has 0 aliphatic heterocycles. The average Bonchev–Trinajstić information content (AvgIpc) is 3.11. The van der Waals surface area contributed by atoms with Crippen LogP contribution in [0.15, 0.2) is 10.5 Å². The predicted octanol–water partition coefficient (Wildman–Crippen LogP) is 4.93. The fourth-order valence-electron chi connectivity index (χ4n) is 2.79. The number of thiophene rings is 1.